The molecule has 0 bridgehead atoms. The zero-order chi connectivity index (χ0) is 27.1. The van der Waals surface area contributed by atoms with Crippen molar-refractivity contribution >= 4 is 32.0 Å². The second-order valence-electron chi connectivity index (χ2n) is 8.49. The summed E-state index contributed by atoms with van der Waals surface area (Å²) in [6.07, 6.45) is 2.17. The monoisotopic (exact) mass is 563 g/mol. The molecule has 0 radical (unpaired) electrons. The van der Waals surface area contributed by atoms with Crippen LogP contribution in [-0.4, -0.2) is 47.7 Å². The average molecular weight is 564 g/mol. The molecule has 0 unspecified atom stereocenters. The fraction of sp³-hybridized carbons (Fsp3) is 0.227. The Balaban J connectivity index is 1.39. The summed E-state index contributed by atoms with van der Waals surface area (Å²) < 4.78 is 91.7. The molecule has 0 atom stereocenters. The van der Waals surface area contributed by atoms with E-state index in [1.807, 2.05) is 0 Å². The van der Waals surface area contributed by atoms with Crippen LogP contribution in [0.3, 0.4) is 0 Å². The minimum atomic E-state index is -9.80. The molecular weight excluding hydrogens is 541 g/mol. The predicted molar refractivity (Wildman–Crippen MR) is 129 cm³/mol. The van der Waals surface area contributed by atoms with Crippen molar-refractivity contribution in [3.05, 3.63) is 66.6 Å². The molecule has 0 aliphatic carbocycles. The Bertz CT molecular complexity index is 1430. The van der Waals surface area contributed by atoms with Gasteiger partial charge < -0.3 is 11.1 Å². The van der Waals surface area contributed by atoms with E-state index in [1.54, 1.807) is 18.2 Å². The average Bonchev–Trinajstić information content (AvgIpc) is 2.83. The molecule has 8 nitrogen and oxygen atoms in total. The summed E-state index contributed by atoms with van der Waals surface area (Å²) in [4.78, 5) is 16.7. The quantitative estimate of drug-likeness (QED) is 0.383. The van der Waals surface area contributed by atoms with E-state index in [9.17, 15) is 32.6 Å². The molecule has 1 amide bonds. The van der Waals surface area contributed by atoms with Gasteiger partial charge in [-0.2, -0.15) is 4.31 Å². The molecule has 3 aromatic rings. The van der Waals surface area contributed by atoms with Crippen molar-refractivity contribution in [3.8, 4) is 11.1 Å². The Labute approximate surface area is 209 Å². The van der Waals surface area contributed by atoms with Gasteiger partial charge in [0.05, 0.1) is 11.1 Å². The summed E-state index contributed by atoms with van der Waals surface area (Å²) in [7, 11) is -13.6. The number of hydrogen-bond donors (Lipinski definition) is 2. The van der Waals surface area contributed by atoms with E-state index in [1.165, 1.54) is 28.7 Å². The number of amides is 1. The summed E-state index contributed by atoms with van der Waals surface area (Å²) in [5.74, 6) is -0.700. The smallest absolute Gasteiger partial charge is 0.311 e. The molecule has 37 heavy (non-hydrogen) atoms. The molecular formula is C22H22F5N5O3S2. The first-order valence-corrected chi connectivity index (χ1v) is 14.3. The van der Waals surface area contributed by atoms with E-state index in [4.69, 9.17) is 5.73 Å². The minimum Gasteiger partial charge on any atom is -0.367 e. The number of anilines is 1. The fourth-order valence-electron chi connectivity index (χ4n) is 3.86. The lowest BCUT2D eigenvalue weighted by Crippen LogP contribution is -2.42. The number of piperidine rings is 1. The van der Waals surface area contributed by atoms with Crippen LogP contribution in [-0.2, 0) is 10.0 Å². The maximum Gasteiger partial charge on any atom is 0.311 e. The van der Waals surface area contributed by atoms with E-state index in [-0.39, 0.29) is 47.8 Å². The normalized spacial score (nSPS) is 17.5. The molecule has 1 saturated heterocycles. The molecule has 200 valence electrons. The number of sulfonamides is 1. The van der Waals surface area contributed by atoms with Crippen LogP contribution < -0.4 is 11.1 Å². The molecule has 1 aliphatic rings. The Kier molecular flexibility index (Phi) is 6.24. The Hall–Kier alpha value is -3.30. The van der Waals surface area contributed by atoms with Crippen molar-refractivity contribution in [2.45, 2.75) is 28.7 Å². The van der Waals surface area contributed by atoms with Crippen molar-refractivity contribution in [2.75, 3.05) is 18.4 Å². The number of nitrogens with zero attached hydrogens (tertiary/aromatic N) is 3. The maximum atomic E-state index is 13.1. The molecule has 0 spiro atoms. The van der Waals surface area contributed by atoms with Gasteiger partial charge in [-0.15, -0.1) is 0 Å². The lowest BCUT2D eigenvalue weighted by Gasteiger charge is -2.40. The molecule has 1 aromatic carbocycles. The van der Waals surface area contributed by atoms with Gasteiger partial charge in [-0.3, -0.25) is 9.78 Å². The molecule has 3 heterocycles. The van der Waals surface area contributed by atoms with Gasteiger partial charge in [0.15, 0.2) is 0 Å². The SMILES string of the molecule is NC(=O)c1cc(-c2ccc(S(=O)(=O)N3CCC(Nc4ccc(S(F)(F)(F)(F)F)cn4)CC3)cc2)ccn1. The Morgan fingerprint density at radius 1 is 0.946 bits per heavy atom. The molecule has 1 fully saturated rings. The number of carbonyl (C=O) groups is 1. The number of benzene rings is 1. The summed E-state index contributed by atoms with van der Waals surface area (Å²) in [5, 5.41) is 2.86. The lowest BCUT2D eigenvalue weighted by atomic mass is 10.1. The number of pyridine rings is 2. The van der Waals surface area contributed by atoms with E-state index in [0.29, 0.717) is 24.0 Å². The topological polar surface area (TPSA) is 118 Å². The van der Waals surface area contributed by atoms with Gasteiger partial charge in [0, 0.05) is 25.3 Å². The van der Waals surface area contributed by atoms with Gasteiger partial charge in [0.1, 0.15) is 16.4 Å². The van der Waals surface area contributed by atoms with Gasteiger partial charge in [0.25, 0.3) is 5.91 Å². The highest BCUT2D eigenvalue weighted by molar-refractivity contribution is 8.45. The maximum absolute atomic E-state index is 13.1. The van der Waals surface area contributed by atoms with Crippen LogP contribution in [0.2, 0.25) is 0 Å². The molecule has 1 aliphatic heterocycles. The summed E-state index contributed by atoms with van der Waals surface area (Å²) in [6, 6.07) is 10.1. The number of nitrogens with two attached hydrogens (primary N) is 1. The zero-order valence-corrected chi connectivity index (χ0v) is 20.7. The molecule has 4 rings (SSSR count). The van der Waals surface area contributed by atoms with Crippen LogP contribution in [0, 0.1) is 0 Å². The first kappa shape index (κ1) is 26.8. The van der Waals surface area contributed by atoms with Crippen molar-refractivity contribution < 1.29 is 32.6 Å². The Morgan fingerprint density at radius 2 is 1.59 bits per heavy atom. The van der Waals surface area contributed by atoms with Gasteiger partial charge in [-0.05, 0) is 60.4 Å². The highest BCUT2D eigenvalue weighted by atomic mass is 32.5. The number of carbonyl (C=O) groups excluding carboxylic acids is 1. The van der Waals surface area contributed by atoms with E-state index in [0.717, 1.165) is 6.07 Å². The summed E-state index contributed by atoms with van der Waals surface area (Å²) in [5.41, 5.74) is 6.63. The number of hydrogen-bond acceptors (Lipinski definition) is 6. The van der Waals surface area contributed by atoms with Gasteiger partial charge >= 0.3 is 10.2 Å². The second-order valence-corrected chi connectivity index (χ2v) is 12.8. The lowest BCUT2D eigenvalue weighted by molar-refractivity contribution is 0.0995. The van der Waals surface area contributed by atoms with Crippen LogP contribution in [0.15, 0.2) is 70.7 Å². The first-order valence-electron chi connectivity index (χ1n) is 10.9. The highest BCUT2D eigenvalue weighted by Crippen LogP contribution is 3.02. The number of nitrogens with one attached hydrogen (secondary N) is 1. The van der Waals surface area contributed by atoms with Crippen LogP contribution >= 0.6 is 10.2 Å². The summed E-state index contributed by atoms with van der Waals surface area (Å²) >= 11 is 0. The van der Waals surface area contributed by atoms with Crippen molar-refractivity contribution in [1.29, 1.82) is 0 Å². The van der Waals surface area contributed by atoms with Crippen molar-refractivity contribution in [2.24, 2.45) is 5.73 Å². The van der Waals surface area contributed by atoms with Crippen LogP contribution in [0.4, 0.5) is 25.2 Å². The third-order valence-electron chi connectivity index (χ3n) is 5.83. The second kappa shape index (κ2) is 8.63. The van der Waals surface area contributed by atoms with Crippen molar-refractivity contribution in [1.82, 2.24) is 14.3 Å². The van der Waals surface area contributed by atoms with Crippen LogP contribution in [0.1, 0.15) is 23.3 Å². The molecule has 15 heteroatoms. The zero-order valence-electron chi connectivity index (χ0n) is 19.0. The molecule has 3 N–H and O–H groups in total. The number of aromatic nitrogens is 2. The van der Waals surface area contributed by atoms with Gasteiger partial charge in [-0.25, -0.2) is 13.4 Å². The number of halogens is 5. The Morgan fingerprint density at radius 3 is 2.14 bits per heavy atom. The molecule has 0 saturated carbocycles. The number of rotatable bonds is 7. The predicted octanol–water partition coefficient (Wildman–Crippen LogP) is 5.17. The van der Waals surface area contributed by atoms with E-state index >= 15 is 0 Å². The van der Waals surface area contributed by atoms with Crippen LogP contribution in [0.5, 0.6) is 0 Å². The molecule has 2 aromatic heterocycles. The fourth-order valence-corrected chi connectivity index (χ4v) is 5.90. The van der Waals surface area contributed by atoms with E-state index < -0.39 is 31.0 Å². The third-order valence-corrected chi connectivity index (χ3v) is 8.87. The highest BCUT2D eigenvalue weighted by Gasteiger charge is 2.65. The van der Waals surface area contributed by atoms with Gasteiger partial charge in [0.2, 0.25) is 10.0 Å². The van der Waals surface area contributed by atoms with Gasteiger partial charge in [-0.1, -0.05) is 31.6 Å². The van der Waals surface area contributed by atoms with Crippen LogP contribution in [0.25, 0.3) is 11.1 Å². The third kappa shape index (κ3) is 6.17. The van der Waals surface area contributed by atoms with E-state index in [2.05, 4.69) is 15.3 Å². The standard InChI is InChI=1S/C22H22F5N5O3S2/c23-37(24,25,26,27)19-5-6-21(30-14-19)31-17-8-11-32(12-9-17)36(34,35)18-3-1-15(2-4-18)16-7-10-29-20(13-16)22(28)33/h1-7,10,13-14,17H,8-9,11-12H2,(H2,28,33)(H,30,31). The minimum absolute atomic E-state index is 0.0156. The number of primary amides is 1. The van der Waals surface area contributed by atoms with Crippen molar-refractivity contribution in [3.63, 3.8) is 0 Å². The largest absolute Gasteiger partial charge is 0.367 e. The summed E-state index contributed by atoms with van der Waals surface area (Å²) in [6.45, 7) is 0.273. The first-order chi connectivity index (χ1) is 17.0.